The zero-order valence-electron chi connectivity index (χ0n) is 15.0. The molecular weight excluding hydrogens is 381 g/mol. The van der Waals surface area contributed by atoms with Gasteiger partial charge in [-0.1, -0.05) is 12.1 Å². The lowest BCUT2D eigenvalue weighted by Gasteiger charge is -2.14. The van der Waals surface area contributed by atoms with Crippen molar-refractivity contribution in [2.45, 2.75) is 12.8 Å². The number of benzene rings is 1. The van der Waals surface area contributed by atoms with Gasteiger partial charge in [-0.05, 0) is 42.5 Å². The smallest absolute Gasteiger partial charge is 0.291 e. The SMILES string of the molecule is O=C(NCC(=O)N1CCCC1)c1nc(-c2cccs2)n(-c2cccc(F)c2)n1. The summed E-state index contributed by atoms with van der Waals surface area (Å²) in [5.41, 5.74) is 0.461. The highest BCUT2D eigenvalue weighted by molar-refractivity contribution is 7.13. The Labute approximate surface area is 164 Å². The van der Waals surface area contributed by atoms with E-state index in [0.29, 0.717) is 11.5 Å². The molecule has 7 nitrogen and oxygen atoms in total. The molecule has 3 aromatic rings. The van der Waals surface area contributed by atoms with E-state index in [9.17, 15) is 14.0 Å². The number of rotatable bonds is 5. The molecule has 0 bridgehead atoms. The van der Waals surface area contributed by atoms with Gasteiger partial charge in [0.25, 0.3) is 5.91 Å². The number of hydrogen-bond acceptors (Lipinski definition) is 5. The lowest BCUT2D eigenvalue weighted by Crippen LogP contribution is -2.39. The molecular formula is C19H18FN5O2S. The predicted molar refractivity (Wildman–Crippen MR) is 103 cm³/mol. The zero-order valence-corrected chi connectivity index (χ0v) is 15.8. The second kappa shape index (κ2) is 7.89. The molecule has 1 saturated heterocycles. The Kier molecular flexibility index (Phi) is 5.16. The maximum absolute atomic E-state index is 13.7. The Bertz CT molecular complexity index is 996. The predicted octanol–water partition coefficient (Wildman–Crippen LogP) is 2.49. The summed E-state index contributed by atoms with van der Waals surface area (Å²) in [6, 6.07) is 9.63. The molecule has 0 aliphatic carbocycles. The standard InChI is InChI=1S/C19H18FN5O2S/c20-13-5-3-6-14(11-13)25-18(15-7-4-10-28-15)22-17(23-25)19(27)21-12-16(26)24-8-1-2-9-24/h3-7,10-11H,1-2,8-9,12H2,(H,21,27). The first-order valence-corrected chi connectivity index (χ1v) is 9.82. The van der Waals surface area contributed by atoms with Crippen molar-refractivity contribution in [3.63, 3.8) is 0 Å². The number of nitrogens with zero attached hydrogens (tertiary/aromatic N) is 4. The molecule has 1 N–H and O–H groups in total. The van der Waals surface area contributed by atoms with Gasteiger partial charge in [0.2, 0.25) is 11.7 Å². The third kappa shape index (κ3) is 3.79. The average molecular weight is 399 g/mol. The van der Waals surface area contributed by atoms with Crippen molar-refractivity contribution < 1.29 is 14.0 Å². The minimum absolute atomic E-state index is 0.0677. The van der Waals surface area contributed by atoms with Crippen molar-refractivity contribution in [1.82, 2.24) is 25.0 Å². The molecule has 1 aliphatic heterocycles. The highest BCUT2D eigenvalue weighted by atomic mass is 32.1. The molecule has 28 heavy (non-hydrogen) atoms. The number of thiophene rings is 1. The van der Waals surface area contributed by atoms with E-state index in [4.69, 9.17) is 0 Å². The van der Waals surface area contributed by atoms with Crippen LogP contribution in [0.3, 0.4) is 0 Å². The number of amides is 2. The van der Waals surface area contributed by atoms with Crippen molar-refractivity contribution in [2.75, 3.05) is 19.6 Å². The molecule has 0 saturated carbocycles. The van der Waals surface area contributed by atoms with Crippen LogP contribution in [0.2, 0.25) is 0 Å². The minimum atomic E-state index is -0.541. The summed E-state index contributed by atoms with van der Waals surface area (Å²) in [6.07, 6.45) is 1.98. The summed E-state index contributed by atoms with van der Waals surface area (Å²) in [6.45, 7) is 1.36. The summed E-state index contributed by atoms with van der Waals surface area (Å²) in [4.78, 5) is 31.5. The van der Waals surface area contributed by atoms with Gasteiger partial charge in [0, 0.05) is 13.1 Å². The quantitative estimate of drug-likeness (QED) is 0.715. The molecule has 0 radical (unpaired) electrons. The van der Waals surface area contributed by atoms with Crippen molar-refractivity contribution >= 4 is 23.2 Å². The Balaban J connectivity index is 1.58. The van der Waals surface area contributed by atoms with Crippen LogP contribution in [0, 0.1) is 5.82 Å². The fourth-order valence-electron chi connectivity index (χ4n) is 3.07. The number of hydrogen-bond donors (Lipinski definition) is 1. The fourth-order valence-corrected chi connectivity index (χ4v) is 3.77. The average Bonchev–Trinajstić information content (AvgIpc) is 3.46. The molecule has 0 spiro atoms. The van der Waals surface area contributed by atoms with E-state index in [1.165, 1.54) is 28.2 Å². The first-order chi connectivity index (χ1) is 13.6. The van der Waals surface area contributed by atoms with Crippen molar-refractivity contribution in [3.8, 4) is 16.4 Å². The first-order valence-electron chi connectivity index (χ1n) is 8.94. The third-order valence-corrected chi connectivity index (χ3v) is 5.33. The van der Waals surface area contributed by atoms with Gasteiger partial charge in [-0.2, -0.15) is 0 Å². The van der Waals surface area contributed by atoms with Gasteiger partial charge in [0.1, 0.15) is 5.82 Å². The van der Waals surface area contributed by atoms with Crippen LogP contribution in [-0.2, 0) is 4.79 Å². The van der Waals surface area contributed by atoms with E-state index in [0.717, 1.165) is 30.8 Å². The van der Waals surface area contributed by atoms with Gasteiger partial charge in [-0.25, -0.2) is 14.1 Å². The van der Waals surface area contributed by atoms with E-state index < -0.39 is 11.7 Å². The van der Waals surface area contributed by atoms with Crippen molar-refractivity contribution in [1.29, 1.82) is 0 Å². The fraction of sp³-hybridized carbons (Fsp3) is 0.263. The lowest BCUT2D eigenvalue weighted by molar-refractivity contribution is -0.129. The van der Waals surface area contributed by atoms with Gasteiger partial charge < -0.3 is 10.2 Å². The van der Waals surface area contributed by atoms with E-state index >= 15 is 0 Å². The van der Waals surface area contributed by atoms with Gasteiger partial charge in [-0.3, -0.25) is 9.59 Å². The number of carbonyl (C=O) groups excluding carboxylic acids is 2. The Morgan fingerprint density at radius 1 is 1.18 bits per heavy atom. The van der Waals surface area contributed by atoms with Crippen LogP contribution in [0.4, 0.5) is 4.39 Å². The van der Waals surface area contributed by atoms with Crippen LogP contribution in [0.25, 0.3) is 16.4 Å². The second-order valence-electron chi connectivity index (χ2n) is 6.40. The maximum atomic E-state index is 13.7. The summed E-state index contributed by atoms with van der Waals surface area (Å²) in [5, 5.41) is 8.73. The number of nitrogens with one attached hydrogen (secondary N) is 1. The van der Waals surface area contributed by atoms with Gasteiger partial charge in [0.15, 0.2) is 5.82 Å². The van der Waals surface area contributed by atoms with Crippen LogP contribution in [0.1, 0.15) is 23.5 Å². The molecule has 144 valence electrons. The largest absolute Gasteiger partial charge is 0.341 e. The normalized spacial score (nSPS) is 13.7. The Morgan fingerprint density at radius 3 is 2.71 bits per heavy atom. The summed E-state index contributed by atoms with van der Waals surface area (Å²) in [7, 11) is 0. The second-order valence-corrected chi connectivity index (χ2v) is 7.35. The minimum Gasteiger partial charge on any atom is -0.341 e. The van der Waals surface area contributed by atoms with Crippen molar-refractivity contribution in [2.24, 2.45) is 0 Å². The molecule has 0 atom stereocenters. The highest BCUT2D eigenvalue weighted by Crippen LogP contribution is 2.25. The van der Waals surface area contributed by atoms with Gasteiger partial charge in [0.05, 0.1) is 17.1 Å². The maximum Gasteiger partial charge on any atom is 0.291 e. The lowest BCUT2D eigenvalue weighted by atomic mass is 10.3. The Morgan fingerprint density at radius 2 is 2.00 bits per heavy atom. The zero-order chi connectivity index (χ0) is 19.5. The molecule has 2 amide bonds. The molecule has 0 unspecified atom stereocenters. The van der Waals surface area contributed by atoms with Gasteiger partial charge >= 0.3 is 0 Å². The van der Waals surface area contributed by atoms with E-state index in [1.54, 1.807) is 17.0 Å². The van der Waals surface area contributed by atoms with E-state index in [-0.39, 0.29) is 18.3 Å². The molecule has 3 heterocycles. The number of carbonyl (C=O) groups is 2. The monoisotopic (exact) mass is 399 g/mol. The van der Waals surface area contributed by atoms with Crippen LogP contribution >= 0.6 is 11.3 Å². The summed E-state index contributed by atoms with van der Waals surface area (Å²) in [5.74, 6) is -0.694. The topological polar surface area (TPSA) is 80.1 Å². The molecule has 1 fully saturated rings. The number of halogens is 1. The number of aromatic nitrogens is 3. The van der Waals surface area contributed by atoms with Crippen LogP contribution in [0.15, 0.2) is 41.8 Å². The third-order valence-electron chi connectivity index (χ3n) is 4.46. The number of likely N-dealkylation sites (tertiary alicyclic amines) is 1. The van der Waals surface area contributed by atoms with Crippen LogP contribution in [-0.4, -0.2) is 51.1 Å². The molecule has 1 aliphatic rings. The van der Waals surface area contributed by atoms with Crippen LogP contribution < -0.4 is 5.32 Å². The molecule has 2 aromatic heterocycles. The van der Waals surface area contributed by atoms with E-state index in [1.807, 2.05) is 17.5 Å². The summed E-state index contributed by atoms with van der Waals surface area (Å²) < 4.78 is 15.1. The van der Waals surface area contributed by atoms with Crippen LogP contribution in [0.5, 0.6) is 0 Å². The van der Waals surface area contributed by atoms with Gasteiger partial charge in [-0.15, -0.1) is 16.4 Å². The summed E-state index contributed by atoms with van der Waals surface area (Å²) >= 11 is 1.44. The van der Waals surface area contributed by atoms with Crippen molar-refractivity contribution in [3.05, 3.63) is 53.4 Å². The highest BCUT2D eigenvalue weighted by Gasteiger charge is 2.22. The molecule has 4 rings (SSSR count). The Hall–Kier alpha value is -3.07. The molecule has 9 heteroatoms. The molecule has 1 aromatic carbocycles. The van der Waals surface area contributed by atoms with E-state index in [2.05, 4.69) is 15.4 Å². The first kappa shape index (κ1) is 18.3.